The standard InChI is InChI=1S/C22H19BrN2O4S/c1-28-18-9-5-3-7-16(18)24-21(26)15(11-14-12-20(23)30-13-14)22(27)25-17-8-4-6-10-19(17)29-2/h3-13H,1-2H3,(H,24,26)(H,25,27). The van der Waals surface area contributed by atoms with Crippen molar-refractivity contribution in [3.63, 3.8) is 0 Å². The lowest BCUT2D eigenvalue weighted by Crippen LogP contribution is -2.25. The first-order valence-electron chi connectivity index (χ1n) is 8.86. The van der Waals surface area contributed by atoms with Gasteiger partial charge in [0.2, 0.25) is 0 Å². The van der Waals surface area contributed by atoms with Gasteiger partial charge >= 0.3 is 0 Å². The molecule has 0 saturated heterocycles. The zero-order valence-electron chi connectivity index (χ0n) is 16.3. The monoisotopic (exact) mass is 486 g/mol. The highest BCUT2D eigenvalue weighted by molar-refractivity contribution is 9.11. The Labute approximate surface area is 186 Å². The Balaban J connectivity index is 1.93. The molecule has 0 spiro atoms. The molecule has 8 heteroatoms. The number of thiophene rings is 1. The van der Waals surface area contributed by atoms with Gasteiger partial charge in [0.05, 0.1) is 29.4 Å². The van der Waals surface area contributed by atoms with Crippen molar-refractivity contribution in [3.05, 3.63) is 74.9 Å². The van der Waals surface area contributed by atoms with Crippen LogP contribution in [0.4, 0.5) is 11.4 Å². The lowest BCUT2D eigenvalue weighted by Gasteiger charge is -2.13. The molecular weight excluding hydrogens is 468 g/mol. The first-order valence-corrected chi connectivity index (χ1v) is 10.5. The summed E-state index contributed by atoms with van der Waals surface area (Å²) in [4.78, 5) is 26.1. The molecule has 0 aliphatic carbocycles. The Hall–Kier alpha value is -3.10. The van der Waals surface area contributed by atoms with Gasteiger partial charge in [-0.05, 0) is 63.3 Å². The molecule has 30 heavy (non-hydrogen) atoms. The van der Waals surface area contributed by atoms with Crippen molar-refractivity contribution >= 4 is 56.5 Å². The number of rotatable bonds is 7. The van der Waals surface area contributed by atoms with Gasteiger partial charge in [-0.2, -0.15) is 0 Å². The minimum Gasteiger partial charge on any atom is -0.495 e. The van der Waals surface area contributed by atoms with Crippen LogP contribution in [0.3, 0.4) is 0 Å². The SMILES string of the molecule is COc1ccccc1NC(=O)C(=Cc1csc(Br)c1)C(=O)Nc1ccccc1OC. The van der Waals surface area contributed by atoms with Gasteiger partial charge in [0, 0.05) is 0 Å². The molecule has 3 aromatic rings. The normalized spacial score (nSPS) is 10.1. The molecule has 6 nitrogen and oxygen atoms in total. The molecule has 0 atom stereocenters. The van der Waals surface area contributed by atoms with E-state index in [1.54, 1.807) is 48.5 Å². The van der Waals surface area contributed by atoms with Gasteiger partial charge in [-0.3, -0.25) is 9.59 Å². The summed E-state index contributed by atoms with van der Waals surface area (Å²) in [6, 6.07) is 15.8. The van der Waals surface area contributed by atoms with Crippen LogP contribution in [0.2, 0.25) is 0 Å². The van der Waals surface area contributed by atoms with E-state index in [9.17, 15) is 9.59 Å². The van der Waals surface area contributed by atoms with E-state index in [2.05, 4.69) is 26.6 Å². The maximum Gasteiger partial charge on any atom is 0.261 e. The molecular formula is C22H19BrN2O4S. The number of para-hydroxylation sites is 4. The molecule has 0 fully saturated rings. The highest BCUT2D eigenvalue weighted by Gasteiger charge is 2.21. The van der Waals surface area contributed by atoms with Crippen LogP contribution in [-0.2, 0) is 9.59 Å². The first kappa shape index (κ1) is 21.6. The summed E-state index contributed by atoms with van der Waals surface area (Å²) in [7, 11) is 3.03. The molecule has 1 heterocycles. The van der Waals surface area contributed by atoms with E-state index in [1.165, 1.54) is 31.6 Å². The molecule has 0 aliphatic heterocycles. The van der Waals surface area contributed by atoms with E-state index in [0.29, 0.717) is 22.9 Å². The summed E-state index contributed by atoms with van der Waals surface area (Å²) in [5, 5.41) is 7.35. The molecule has 2 amide bonds. The molecule has 0 unspecified atom stereocenters. The van der Waals surface area contributed by atoms with E-state index in [4.69, 9.17) is 9.47 Å². The average Bonchev–Trinajstić information content (AvgIpc) is 3.17. The van der Waals surface area contributed by atoms with Crippen LogP contribution in [0.5, 0.6) is 11.5 Å². The predicted molar refractivity (Wildman–Crippen MR) is 123 cm³/mol. The van der Waals surface area contributed by atoms with Gasteiger partial charge in [0.25, 0.3) is 11.8 Å². The van der Waals surface area contributed by atoms with Crippen LogP contribution >= 0.6 is 27.3 Å². The van der Waals surface area contributed by atoms with Gasteiger partial charge in [-0.1, -0.05) is 24.3 Å². The van der Waals surface area contributed by atoms with Crippen molar-refractivity contribution < 1.29 is 19.1 Å². The smallest absolute Gasteiger partial charge is 0.261 e. The molecule has 0 radical (unpaired) electrons. The van der Waals surface area contributed by atoms with Crippen molar-refractivity contribution in [2.75, 3.05) is 24.9 Å². The fraction of sp³-hybridized carbons (Fsp3) is 0.0909. The zero-order chi connectivity index (χ0) is 21.5. The van der Waals surface area contributed by atoms with Crippen LogP contribution < -0.4 is 20.1 Å². The molecule has 0 bridgehead atoms. The lowest BCUT2D eigenvalue weighted by molar-refractivity contribution is -0.118. The van der Waals surface area contributed by atoms with E-state index in [-0.39, 0.29) is 5.57 Å². The van der Waals surface area contributed by atoms with Crippen LogP contribution in [0.15, 0.2) is 69.3 Å². The van der Waals surface area contributed by atoms with Gasteiger partial charge in [-0.15, -0.1) is 11.3 Å². The second kappa shape index (κ2) is 10.1. The van der Waals surface area contributed by atoms with Crippen LogP contribution in [0.25, 0.3) is 6.08 Å². The molecule has 3 rings (SSSR count). The Bertz CT molecular complexity index is 1030. The van der Waals surface area contributed by atoms with Gasteiger partial charge < -0.3 is 20.1 Å². The summed E-state index contributed by atoms with van der Waals surface area (Å²) >= 11 is 4.86. The maximum absolute atomic E-state index is 13.0. The number of anilines is 2. The Kier molecular flexibility index (Phi) is 7.26. The highest BCUT2D eigenvalue weighted by Crippen LogP contribution is 2.27. The second-order valence-electron chi connectivity index (χ2n) is 6.05. The molecule has 2 N–H and O–H groups in total. The minimum absolute atomic E-state index is 0.0582. The number of carbonyl (C=O) groups is 2. The predicted octanol–water partition coefficient (Wildman–Crippen LogP) is 5.19. The van der Waals surface area contributed by atoms with Crippen molar-refractivity contribution in [3.8, 4) is 11.5 Å². The molecule has 1 aromatic heterocycles. The van der Waals surface area contributed by atoms with Crippen molar-refractivity contribution in [2.45, 2.75) is 0 Å². The lowest BCUT2D eigenvalue weighted by atomic mass is 10.1. The zero-order valence-corrected chi connectivity index (χ0v) is 18.7. The molecule has 0 saturated carbocycles. The number of halogens is 1. The number of ether oxygens (including phenoxy) is 2. The fourth-order valence-electron chi connectivity index (χ4n) is 2.68. The number of benzene rings is 2. The summed E-state index contributed by atoms with van der Waals surface area (Å²) in [5.41, 5.74) is 1.60. The maximum atomic E-state index is 13.0. The highest BCUT2D eigenvalue weighted by atomic mass is 79.9. The fourth-order valence-corrected chi connectivity index (χ4v) is 3.81. The van der Waals surface area contributed by atoms with Crippen molar-refractivity contribution in [1.29, 1.82) is 0 Å². The number of hydrogen-bond donors (Lipinski definition) is 2. The third-order valence-electron chi connectivity index (χ3n) is 4.10. The summed E-state index contributed by atoms with van der Waals surface area (Å²) in [5.74, 6) is -0.134. The number of carbonyl (C=O) groups excluding carboxylic acids is 2. The Morgan fingerprint density at radius 1 is 0.900 bits per heavy atom. The van der Waals surface area contributed by atoms with Gasteiger partial charge in [0.1, 0.15) is 17.1 Å². The van der Waals surface area contributed by atoms with E-state index < -0.39 is 11.8 Å². The quantitative estimate of drug-likeness (QED) is 0.273. The topological polar surface area (TPSA) is 76.7 Å². The summed E-state index contributed by atoms with van der Waals surface area (Å²) in [6.07, 6.45) is 1.54. The molecule has 2 aromatic carbocycles. The molecule has 154 valence electrons. The number of hydrogen-bond acceptors (Lipinski definition) is 5. The minimum atomic E-state index is -0.561. The third-order valence-corrected chi connectivity index (χ3v) is 5.62. The van der Waals surface area contributed by atoms with E-state index >= 15 is 0 Å². The van der Waals surface area contributed by atoms with Crippen LogP contribution in [0, 0.1) is 0 Å². The Morgan fingerprint density at radius 2 is 1.40 bits per heavy atom. The van der Waals surface area contributed by atoms with Gasteiger partial charge in [-0.25, -0.2) is 0 Å². The number of methoxy groups -OCH3 is 2. The molecule has 0 aliphatic rings. The number of amides is 2. The Morgan fingerprint density at radius 3 is 1.83 bits per heavy atom. The second-order valence-corrected chi connectivity index (χ2v) is 8.34. The summed E-state index contributed by atoms with van der Waals surface area (Å²) < 4.78 is 11.4. The number of nitrogens with one attached hydrogen (secondary N) is 2. The third kappa shape index (κ3) is 5.28. The largest absolute Gasteiger partial charge is 0.495 e. The average molecular weight is 487 g/mol. The van der Waals surface area contributed by atoms with E-state index in [0.717, 1.165) is 9.35 Å². The van der Waals surface area contributed by atoms with E-state index in [1.807, 2.05) is 11.4 Å². The first-order chi connectivity index (χ1) is 14.5. The van der Waals surface area contributed by atoms with Crippen LogP contribution in [-0.4, -0.2) is 26.0 Å². The summed E-state index contributed by atoms with van der Waals surface area (Å²) in [6.45, 7) is 0. The van der Waals surface area contributed by atoms with Crippen LogP contribution in [0.1, 0.15) is 5.56 Å². The van der Waals surface area contributed by atoms with Crippen molar-refractivity contribution in [1.82, 2.24) is 0 Å². The van der Waals surface area contributed by atoms with Crippen molar-refractivity contribution in [2.24, 2.45) is 0 Å². The van der Waals surface area contributed by atoms with Gasteiger partial charge in [0.15, 0.2) is 0 Å².